The molecule has 4 rings (SSSR count). The van der Waals surface area contributed by atoms with Crippen LogP contribution in [0.3, 0.4) is 0 Å². The predicted octanol–water partition coefficient (Wildman–Crippen LogP) is 3.46. The van der Waals surface area contributed by atoms with Crippen molar-refractivity contribution in [3.8, 4) is 0 Å². The molecule has 1 fully saturated rings. The normalized spacial score (nSPS) is 16.1. The largest absolute Gasteiger partial charge is 0.313 e. The summed E-state index contributed by atoms with van der Waals surface area (Å²) in [7, 11) is -3.15. The first-order chi connectivity index (χ1) is 14.3. The van der Waals surface area contributed by atoms with E-state index >= 15 is 0 Å². The van der Waals surface area contributed by atoms with Crippen LogP contribution in [-0.4, -0.2) is 52.0 Å². The van der Waals surface area contributed by atoms with Crippen LogP contribution in [-0.2, 0) is 16.6 Å². The number of aromatic nitrogens is 4. The summed E-state index contributed by atoms with van der Waals surface area (Å²) >= 11 is 7.51. The van der Waals surface area contributed by atoms with E-state index in [1.807, 2.05) is 0 Å². The lowest BCUT2D eigenvalue weighted by atomic mass is 9.99. The predicted molar refractivity (Wildman–Crippen MR) is 114 cm³/mol. The van der Waals surface area contributed by atoms with Gasteiger partial charge in [0.2, 0.25) is 15.2 Å². The topological polar surface area (TPSA) is 93.0 Å². The van der Waals surface area contributed by atoms with Crippen LogP contribution in [0.1, 0.15) is 29.3 Å². The highest BCUT2D eigenvalue weighted by molar-refractivity contribution is 7.88. The standard InChI is InChI=1S/C18H20ClFN6O2S2/c1-30(27,28)26-9-5-12(6-10-26)17-22-23-18(29-17)21-16-7-8-25(24-16)11-13-14(19)3-2-4-15(13)20/h2-4,7-8,12H,5-6,9-11H2,1H3,(H,21,23,24). The molecule has 160 valence electrons. The van der Waals surface area contributed by atoms with Gasteiger partial charge in [-0.05, 0) is 25.0 Å². The monoisotopic (exact) mass is 470 g/mol. The van der Waals surface area contributed by atoms with E-state index in [-0.39, 0.29) is 18.3 Å². The Hall–Kier alpha value is -2.08. The molecule has 0 amide bonds. The summed E-state index contributed by atoms with van der Waals surface area (Å²) in [6.07, 6.45) is 4.41. The lowest BCUT2D eigenvalue weighted by molar-refractivity contribution is 0.320. The minimum atomic E-state index is -3.15. The van der Waals surface area contributed by atoms with Crippen molar-refractivity contribution in [3.05, 3.63) is 51.9 Å². The van der Waals surface area contributed by atoms with Crippen LogP contribution in [0.25, 0.3) is 0 Å². The van der Waals surface area contributed by atoms with Crippen molar-refractivity contribution in [2.45, 2.75) is 25.3 Å². The molecule has 30 heavy (non-hydrogen) atoms. The molecule has 1 aromatic carbocycles. The van der Waals surface area contributed by atoms with Crippen LogP contribution in [0.4, 0.5) is 15.3 Å². The summed E-state index contributed by atoms with van der Waals surface area (Å²) in [5.74, 6) is 0.386. The molecule has 0 spiro atoms. The maximum Gasteiger partial charge on any atom is 0.211 e. The van der Waals surface area contributed by atoms with Gasteiger partial charge in [0.05, 0.1) is 12.8 Å². The summed E-state index contributed by atoms with van der Waals surface area (Å²) in [5, 5.41) is 17.8. The lowest BCUT2D eigenvalue weighted by Gasteiger charge is -2.28. The van der Waals surface area contributed by atoms with Gasteiger partial charge in [0.15, 0.2) is 5.82 Å². The minimum Gasteiger partial charge on any atom is -0.313 e. The van der Waals surface area contributed by atoms with Crippen molar-refractivity contribution < 1.29 is 12.8 Å². The molecule has 3 heterocycles. The third-order valence-electron chi connectivity index (χ3n) is 4.97. The molecule has 0 unspecified atom stereocenters. The van der Waals surface area contributed by atoms with Crippen LogP contribution in [0, 0.1) is 5.82 Å². The van der Waals surface area contributed by atoms with E-state index in [0.717, 1.165) is 17.8 Å². The fraction of sp³-hybridized carbons (Fsp3) is 0.389. The number of nitrogens with zero attached hydrogens (tertiary/aromatic N) is 5. The number of sulfonamides is 1. The Labute approximate surface area is 182 Å². The second-order valence-corrected chi connectivity index (χ2v) is 10.5. The van der Waals surface area contributed by atoms with Gasteiger partial charge >= 0.3 is 0 Å². The molecule has 1 aliphatic rings. The SMILES string of the molecule is CS(=O)(=O)N1CCC(c2nnc(Nc3ccn(Cc4c(F)cccc4Cl)n3)s2)CC1. The maximum atomic E-state index is 14.0. The number of anilines is 2. The summed E-state index contributed by atoms with van der Waals surface area (Å²) in [5.41, 5.74) is 0.382. The zero-order valence-electron chi connectivity index (χ0n) is 16.1. The van der Waals surface area contributed by atoms with Gasteiger partial charge in [-0.3, -0.25) is 4.68 Å². The van der Waals surface area contributed by atoms with E-state index in [4.69, 9.17) is 11.6 Å². The molecule has 0 atom stereocenters. The highest BCUT2D eigenvalue weighted by Gasteiger charge is 2.27. The summed E-state index contributed by atoms with van der Waals surface area (Å²) in [4.78, 5) is 0. The van der Waals surface area contributed by atoms with E-state index < -0.39 is 10.0 Å². The molecule has 1 aliphatic heterocycles. The van der Waals surface area contributed by atoms with E-state index in [2.05, 4.69) is 20.6 Å². The van der Waals surface area contributed by atoms with Crippen molar-refractivity contribution in [3.63, 3.8) is 0 Å². The first kappa shape index (κ1) is 21.2. The quantitative estimate of drug-likeness (QED) is 0.593. The van der Waals surface area contributed by atoms with Crippen LogP contribution in [0.2, 0.25) is 5.02 Å². The molecular weight excluding hydrogens is 451 g/mol. The molecule has 2 aromatic heterocycles. The Bertz CT molecular complexity index is 1120. The molecule has 3 aromatic rings. The maximum absolute atomic E-state index is 14.0. The van der Waals surface area contributed by atoms with Gasteiger partial charge < -0.3 is 5.32 Å². The molecule has 1 N–H and O–H groups in total. The molecule has 0 radical (unpaired) electrons. The average molecular weight is 471 g/mol. The molecule has 0 bridgehead atoms. The molecule has 0 saturated carbocycles. The second-order valence-electron chi connectivity index (χ2n) is 7.11. The van der Waals surface area contributed by atoms with Crippen LogP contribution >= 0.6 is 22.9 Å². The third kappa shape index (κ3) is 4.80. The first-order valence-corrected chi connectivity index (χ1v) is 12.4. The Morgan fingerprint density at radius 3 is 2.73 bits per heavy atom. The summed E-state index contributed by atoms with van der Waals surface area (Å²) in [6, 6.07) is 6.34. The number of hydrogen-bond acceptors (Lipinski definition) is 7. The van der Waals surface area contributed by atoms with Crippen molar-refractivity contribution >= 4 is 43.9 Å². The molecule has 12 heteroatoms. The smallest absolute Gasteiger partial charge is 0.211 e. The zero-order valence-corrected chi connectivity index (χ0v) is 18.5. The highest BCUT2D eigenvalue weighted by Crippen LogP contribution is 2.33. The Morgan fingerprint density at radius 2 is 2.03 bits per heavy atom. The number of halogens is 2. The van der Waals surface area contributed by atoms with Crippen molar-refractivity contribution in [1.82, 2.24) is 24.3 Å². The first-order valence-electron chi connectivity index (χ1n) is 9.31. The molecule has 1 saturated heterocycles. The van der Waals surface area contributed by atoms with E-state index in [0.29, 0.717) is 34.6 Å². The van der Waals surface area contributed by atoms with Gasteiger partial charge in [-0.1, -0.05) is 29.0 Å². The minimum absolute atomic E-state index is 0.191. The fourth-order valence-corrected chi connectivity index (χ4v) is 5.37. The molecular formula is C18H20ClFN6O2S2. The number of rotatable bonds is 6. The molecule has 0 aliphatic carbocycles. The third-order valence-corrected chi connectivity index (χ3v) is 7.63. The zero-order chi connectivity index (χ0) is 21.3. The van der Waals surface area contributed by atoms with E-state index in [9.17, 15) is 12.8 Å². The Morgan fingerprint density at radius 1 is 1.27 bits per heavy atom. The van der Waals surface area contributed by atoms with E-state index in [1.165, 1.54) is 28.0 Å². The summed E-state index contributed by atoms with van der Waals surface area (Å²) < 4.78 is 40.3. The Kier molecular flexibility index (Phi) is 6.05. The van der Waals surface area contributed by atoms with Gasteiger partial charge in [-0.2, -0.15) is 5.10 Å². The van der Waals surface area contributed by atoms with Crippen LogP contribution in [0.5, 0.6) is 0 Å². The second kappa shape index (κ2) is 8.58. The number of nitrogens with one attached hydrogen (secondary N) is 1. The van der Waals surface area contributed by atoms with Crippen LogP contribution in [0.15, 0.2) is 30.5 Å². The van der Waals surface area contributed by atoms with Crippen LogP contribution < -0.4 is 5.32 Å². The molecule has 8 nitrogen and oxygen atoms in total. The number of piperidine rings is 1. The average Bonchev–Trinajstić information content (AvgIpc) is 3.34. The van der Waals surface area contributed by atoms with Gasteiger partial charge in [-0.15, -0.1) is 10.2 Å². The van der Waals surface area contributed by atoms with Gasteiger partial charge in [0.1, 0.15) is 10.8 Å². The van der Waals surface area contributed by atoms with Crippen molar-refractivity contribution in [1.29, 1.82) is 0 Å². The van der Waals surface area contributed by atoms with E-state index in [1.54, 1.807) is 29.1 Å². The Balaban J connectivity index is 1.38. The highest BCUT2D eigenvalue weighted by atomic mass is 35.5. The fourth-order valence-electron chi connectivity index (χ4n) is 3.36. The van der Waals surface area contributed by atoms with Gasteiger partial charge in [-0.25, -0.2) is 17.1 Å². The number of hydrogen-bond donors (Lipinski definition) is 1. The lowest BCUT2D eigenvalue weighted by Crippen LogP contribution is -2.37. The van der Waals surface area contributed by atoms with Gasteiger partial charge in [0.25, 0.3) is 0 Å². The van der Waals surface area contributed by atoms with Gasteiger partial charge in [0, 0.05) is 41.9 Å². The number of benzene rings is 1. The van der Waals surface area contributed by atoms with Crippen molar-refractivity contribution in [2.24, 2.45) is 0 Å². The van der Waals surface area contributed by atoms with Crippen molar-refractivity contribution in [2.75, 3.05) is 24.7 Å². The summed E-state index contributed by atoms with van der Waals surface area (Å²) in [6.45, 7) is 1.21.